The summed E-state index contributed by atoms with van der Waals surface area (Å²) in [5.41, 5.74) is 7.99. The molecular weight excluding hydrogens is 362 g/mol. The molecule has 4 rings (SSSR count). The molecule has 0 amide bonds. The molecule has 1 heterocycles. The monoisotopic (exact) mass is 395 g/mol. The molecule has 2 aliphatic rings. The van der Waals surface area contributed by atoms with E-state index in [2.05, 4.69) is 88.0 Å². The van der Waals surface area contributed by atoms with Crippen LogP contribution >= 0.6 is 0 Å². The fourth-order valence-corrected chi connectivity index (χ4v) is 4.41. The summed E-state index contributed by atoms with van der Waals surface area (Å²) < 4.78 is 0. The number of aryl methyl sites for hydroxylation is 1. The first-order valence-electron chi connectivity index (χ1n) is 11.3. The average Bonchev–Trinajstić information content (AvgIpc) is 3.58. The van der Waals surface area contributed by atoms with Crippen LogP contribution in [0.15, 0.2) is 76.8 Å². The van der Waals surface area contributed by atoms with Gasteiger partial charge in [-0.15, -0.1) is 0 Å². The number of nitrogens with zero attached hydrogens (tertiary/aromatic N) is 1. The quantitative estimate of drug-likeness (QED) is 0.559. The van der Waals surface area contributed by atoms with Crippen molar-refractivity contribution in [2.75, 3.05) is 0 Å². The zero-order valence-electron chi connectivity index (χ0n) is 18.6. The van der Waals surface area contributed by atoms with Crippen molar-refractivity contribution in [1.29, 1.82) is 0 Å². The van der Waals surface area contributed by atoms with Gasteiger partial charge in [-0.1, -0.05) is 78.4 Å². The van der Waals surface area contributed by atoms with E-state index in [0.29, 0.717) is 12.0 Å². The smallest absolute Gasteiger partial charge is 0.0682 e. The molecule has 30 heavy (non-hydrogen) atoms. The van der Waals surface area contributed by atoms with E-state index in [0.717, 1.165) is 18.1 Å². The Labute approximate surface area is 181 Å². The second kappa shape index (κ2) is 9.00. The fraction of sp³-hybridized carbons (Fsp3) is 0.345. The van der Waals surface area contributed by atoms with Gasteiger partial charge in [-0.25, -0.2) is 0 Å². The lowest BCUT2D eigenvalue weighted by atomic mass is 9.89. The molecule has 0 bridgehead atoms. The second-order valence-electron chi connectivity index (χ2n) is 8.95. The normalized spacial score (nSPS) is 21.3. The molecule has 1 atom stereocenters. The van der Waals surface area contributed by atoms with Crippen molar-refractivity contribution in [3.05, 3.63) is 93.4 Å². The van der Waals surface area contributed by atoms with E-state index in [1.165, 1.54) is 58.0 Å². The summed E-state index contributed by atoms with van der Waals surface area (Å²) in [7, 11) is 0. The highest BCUT2D eigenvalue weighted by Crippen LogP contribution is 2.40. The molecule has 1 fully saturated rings. The lowest BCUT2D eigenvalue weighted by Crippen LogP contribution is -2.26. The lowest BCUT2D eigenvalue weighted by Gasteiger charge is -2.18. The van der Waals surface area contributed by atoms with Crippen molar-refractivity contribution < 1.29 is 0 Å². The van der Waals surface area contributed by atoms with Crippen LogP contribution in [0.3, 0.4) is 0 Å². The Morgan fingerprint density at radius 1 is 1.00 bits per heavy atom. The van der Waals surface area contributed by atoms with Crippen molar-refractivity contribution in [2.24, 2.45) is 10.9 Å². The zero-order valence-corrected chi connectivity index (χ0v) is 18.6. The van der Waals surface area contributed by atoms with Crippen LogP contribution in [0.5, 0.6) is 0 Å². The Morgan fingerprint density at radius 2 is 1.73 bits per heavy atom. The van der Waals surface area contributed by atoms with E-state index in [4.69, 9.17) is 4.99 Å². The Morgan fingerprint density at radius 3 is 2.40 bits per heavy atom. The molecule has 1 nitrogen and oxygen atoms in total. The molecule has 1 unspecified atom stereocenters. The maximum Gasteiger partial charge on any atom is 0.0682 e. The molecule has 1 heteroatoms. The van der Waals surface area contributed by atoms with E-state index >= 15 is 0 Å². The Kier molecular flexibility index (Phi) is 6.18. The minimum atomic E-state index is 0.301. The second-order valence-corrected chi connectivity index (χ2v) is 8.95. The van der Waals surface area contributed by atoms with Gasteiger partial charge < -0.3 is 0 Å². The SMILES string of the molecule is C=c1cccc/c1=C(C(/C=C/C1CCCC(C)=N1)=C(\C)C1CC1)\c1ccc(C)cc1. The first-order valence-corrected chi connectivity index (χ1v) is 11.3. The third kappa shape index (κ3) is 4.73. The van der Waals surface area contributed by atoms with Gasteiger partial charge in [0.05, 0.1) is 6.04 Å². The first-order chi connectivity index (χ1) is 14.5. The Hall–Kier alpha value is -2.67. The summed E-state index contributed by atoms with van der Waals surface area (Å²) >= 11 is 0. The van der Waals surface area contributed by atoms with E-state index in [1.807, 2.05) is 0 Å². The number of benzene rings is 2. The Balaban J connectivity index is 1.91. The van der Waals surface area contributed by atoms with Gasteiger partial charge >= 0.3 is 0 Å². The third-order valence-electron chi connectivity index (χ3n) is 6.42. The summed E-state index contributed by atoms with van der Waals surface area (Å²) in [5.74, 6) is 0.707. The first kappa shape index (κ1) is 20.6. The van der Waals surface area contributed by atoms with Gasteiger partial charge in [0.2, 0.25) is 0 Å². The number of allylic oxidation sites excluding steroid dienone is 3. The molecule has 0 N–H and O–H groups in total. The largest absolute Gasteiger partial charge is 0.287 e. The van der Waals surface area contributed by atoms with E-state index in [-0.39, 0.29) is 0 Å². The van der Waals surface area contributed by atoms with E-state index in [9.17, 15) is 0 Å². The van der Waals surface area contributed by atoms with Crippen molar-refractivity contribution >= 4 is 17.9 Å². The predicted octanol–water partition coefficient (Wildman–Crippen LogP) is 5.90. The number of hydrogen-bond acceptors (Lipinski definition) is 1. The van der Waals surface area contributed by atoms with Gasteiger partial charge in [0, 0.05) is 5.71 Å². The highest BCUT2D eigenvalue weighted by Gasteiger charge is 2.26. The lowest BCUT2D eigenvalue weighted by molar-refractivity contribution is 0.650. The van der Waals surface area contributed by atoms with E-state index < -0.39 is 0 Å². The minimum Gasteiger partial charge on any atom is -0.287 e. The summed E-state index contributed by atoms with van der Waals surface area (Å²) in [5, 5.41) is 2.30. The molecule has 2 aromatic carbocycles. The van der Waals surface area contributed by atoms with Gasteiger partial charge in [-0.3, -0.25) is 4.99 Å². The third-order valence-corrected chi connectivity index (χ3v) is 6.42. The van der Waals surface area contributed by atoms with Crippen molar-refractivity contribution in [1.82, 2.24) is 0 Å². The maximum atomic E-state index is 4.89. The topological polar surface area (TPSA) is 12.4 Å². The van der Waals surface area contributed by atoms with Crippen LogP contribution in [0.25, 0.3) is 12.2 Å². The standard InChI is InChI=1S/C29H33N/c1-20-12-14-25(15-13-20)29(27-11-6-5-8-21(27)2)28(23(4)24-16-17-24)19-18-26-10-7-9-22(3)30-26/h5-6,8,11-15,18-19,24,26H,2,7,9-10,16-17H2,1,3-4H3/b19-18+,28-23+,29-27-. The number of rotatable bonds is 5. The Bertz CT molecular complexity index is 1110. The predicted molar refractivity (Wildman–Crippen MR) is 130 cm³/mol. The summed E-state index contributed by atoms with van der Waals surface area (Å²) in [4.78, 5) is 4.89. The molecule has 0 radical (unpaired) electrons. The summed E-state index contributed by atoms with van der Waals surface area (Å²) in [6, 6.07) is 17.8. The molecule has 1 aliphatic carbocycles. The summed E-state index contributed by atoms with van der Waals surface area (Å²) in [6.07, 6.45) is 10.8. The van der Waals surface area contributed by atoms with Gasteiger partial charge in [-0.05, 0) is 85.9 Å². The minimum absolute atomic E-state index is 0.301. The highest BCUT2D eigenvalue weighted by molar-refractivity contribution is 5.84. The molecule has 0 saturated heterocycles. The fourth-order valence-electron chi connectivity index (χ4n) is 4.41. The maximum absolute atomic E-state index is 4.89. The van der Waals surface area contributed by atoms with Gasteiger partial charge in [-0.2, -0.15) is 0 Å². The molecule has 0 spiro atoms. The van der Waals surface area contributed by atoms with Crippen LogP contribution in [0.2, 0.25) is 0 Å². The van der Waals surface area contributed by atoms with Crippen LogP contribution in [0.4, 0.5) is 0 Å². The average molecular weight is 396 g/mol. The molecule has 2 aromatic rings. The summed E-state index contributed by atoms with van der Waals surface area (Å²) in [6.45, 7) is 11.0. The molecule has 1 aliphatic heterocycles. The van der Waals surface area contributed by atoms with Crippen molar-refractivity contribution in [2.45, 2.75) is 58.9 Å². The van der Waals surface area contributed by atoms with Gasteiger partial charge in [0.25, 0.3) is 0 Å². The zero-order chi connectivity index (χ0) is 21.1. The van der Waals surface area contributed by atoms with Crippen LogP contribution in [-0.4, -0.2) is 11.8 Å². The van der Waals surface area contributed by atoms with Crippen LogP contribution < -0.4 is 10.4 Å². The molecule has 154 valence electrons. The molecule has 0 aromatic heterocycles. The molecular formula is C29H33N. The number of hydrogen-bond donors (Lipinski definition) is 0. The van der Waals surface area contributed by atoms with Crippen LogP contribution in [0.1, 0.15) is 57.1 Å². The van der Waals surface area contributed by atoms with Crippen LogP contribution in [-0.2, 0) is 0 Å². The van der Waals surface area contributed by atoms with Gasteiger partial charge in [0.1, 0.15) is 0 Å². The highest BCUT2D eigenvalue weighted by atomic mass is 14.8. The number of aliphatic imine (C=N–C) groups is 1. The molecule has 1 saturated carbocycles. The van der Waals surface area contributed by atoms with Crippen LogP contribution in [0, 0.1) is 12.8 Å². The van der Waals surface area contributed by atoms with Crippen molar-refractivity contribution in [3.63, 3.8) is 0 Å². The van der Waals surface area contributed by atoms with E-state index in [1.54, 1.807) is 0 Å². The van der Waals surface area contributed by atoms with Crippen molar-refractivity contribution in [3.8, 4) is 0 Å². The van der Waals surface area contributed by atoms with Gasteiger partial charge in [0.15, 0.2) is 0 Å².